The minimum Gasteiger partial charge on any atom is -0.352 e. The van der Waals surface area contributed by atoms with Gasteiger partial charge in [-0.15, -0.1) is 11.8 Å². The molecule has 2 aromatic rings. The summed E-state index contributed by atoms with van der Waals surface area (Å²) in [6.07, 6.45) is 1.48. The lowest BCUT2D eigenvalue weighted by atomic mass is 10.1. The van der Waals surface area contributed by atoms with Crippen molar-refractivity contribution in [3.05, 3.63) is 65.7 Å². The predicted molar refractivity (Wildman–Crippen MR) is 105 cm³/mol. The number of likely N-dealkylation sites (tertiary alicyclic amines) is 1. The van der Waals surface area contributed by atoms with Crippen molar-refractivity contribution in [3.63, 3.8) is 0 Å². The second kappa shape index (κ2) is 9.37. The molecule has 27 heavy (non-hydrogen) atoms. The summed E-state index contributed by atoms with van der Waals surface area (Å²) in [4.78, 5) is 38.0. The lowest BCUT2D eigenvalue weighted by molar-refractivity contribution is -0.139. The van der Waals surface area contributed by atoms with Gasteiger partial charge in [0.1, 0.15) is 0 Å². The molecule has 0 bridgehead atoms. The molecule has 0 atom stereocenters. The Hall–Kier alpha value is -2.60. The summed E-state index contributed by atoms with van der Waals surface area (Å²) in [6, 6.07) is 17.2. The zero-order chi connectivity index (χ0) is 19.1. The molecule has 0 aromatic heterocycles. The second-order valence-corrected chi connectivity index (χ2v) is 7.51. The number of thioether (sulfide) groups is 1. The standard InChI is InChI=1S/C21H22N2O3S/c24-19-11-12-20(25)23(19)15-16-7-9-17(10-8-16)21(26)22-13-4-14-27-18-5-2-1-3-6-18/h1-3,5-10H,4,11-15H2,(H,22,26). The second-order valence-electron chi connectivity index (χ2n) is 6.34. The normalized spacial score (nSPS) is 13.9. The Bertz CT molecular complexity index is 790. The molecule has 3 amide bonds. The van der Waals surface area contributed by atoms with Crippen LogP contribution in [0, 0.1) is 0 Å². The largest absolute Gasteiger partial charge is 0.352 e. The van der Waals surface area contributed by atoms with E-state index < -0.39 is 0 Å². The fourth-order valence-corrected chi connectivity index (χ4v) is 3.70. The Kier molecular flexibility index (Phi) is 6.65. The molecular formula is C21H22N2O3S. The van der Waals surface area contributed by atoms with Crippen molar-refractivity contribution >= 4 is 29.5 Å². The molecule has 1 N–H and O–H groups in total. The topological polar surface area (TPSA) is 66.5 Å². The molecule has 3 rings (SSSR count). The van der Waals surface area contributed by atoms with Crippen LogP contribution in [0.1, 0.15) is 35.2 Å². The van der Waals surface area contributed by atoms with E-state index >= 15 is 0 Å². The SMILES string of the molecule is O=C(NCCCSc1ccccc1)c1ccc(CN2C(=O)CCC2=O)cc1. The van der Waals surface area contributed by atoms with Gasteiger partial charge in [0.05, 0.1) is 6.54 Å². The lowest BCUT2D eigenvalue weighted by Gasteiger charge is -2.14. The van der Waals surface area contributed by atoms with Crippen molar-refractivity contribution in [2.24, 2.45) is 0 Å². The lowest BCUT2D eigenvalue weighted by Crippen LogP contribution is -2.28. The van der Waals surface area contributed by atoms with Crippen LogP contribution in [-0.4, -0.2) is 34.9 Å². The number of rotatable bonds is 8. The molecule has 6 heteroatoms. The van der Waals surface area contributed by atoms with Gasteiger partial charge in [0.25, 0.3) is 5.91 Å². The Morgan fingerprint density at radius 1 is 0.963 bits per heavy atom. The van der Waals surface area contributed by atoms with Crippen molar-refractivity contribution < 1.29 is 14.4 Å². The Morgan fingerprint density at radius 2 is 1.63 bits per heavy atom. The van der Waals surface area contributed by atoms with Crippen LogP contribution in [0.25, 0.3) is 0 Å². The summed E-state index contributed by atoms with van der Waals surface area (Å²) in [5.74, 6) is 0.575. The Balaban J connectivity index is 1.41. The Morgan fingerprint density at radius 3 is 2.30 bits per heavy atom. The highest BCUT2D eigenvalue weighted by Gasteiger charge is 2.28. The maximum absolute atomic E-state index is 12.2. The Labute approximate surface area is 163 Å². The quantitative estimate of drug-likeness (QED) is 0.432. The third kappa shape index (κ3) is 5.44. The van der Waals surface area contributed by atoms with Crippen LogP contribution in [0.15, 0.2) is 59.5 Å². The average Bonchev–Trinajstić information content (AvgIpc) is 3.01. The number of carbonyl (C=O) groups excluding carboxylic acids is 3. The molecule has 0 aliphatic carbocycles. The minimum absolute atomic E-state index is 0.111. The van der Waals surface area contributed by atoms with Gasteiger partial charge in [-0.25, -0.2) is 0 Å². The molecule has 0 saturated carbocycles. The summed E-state index contributed by atoms with van der Waals surface area (Å²) < 4.78 is 0. The number of hydrogen-bond acceptors (Lipinski definition) is 4. The summed E-state index contributed by atoms with van der Waals surface area (Å²) in [5.41, 5.74) is 1.42. The fourth-order valence-electron chi connectivity index (χ4n) is 2.83. The molecule has 140 valence electrons. The minimum atomic E-state index is -0.129. The zero-order valence-electron chi connectivity index (χ0n) is 15.0. The summed E-state index contributed by atoms with van der Waals surface area (Å²) in [6.45, 7) is 0.896. The monoisotopic (exact) mass is 382 g/mol. The number of benzene rings is 2. The molecule has 1 fully saturated rings. The molecular weight excluding hydrogens is 360 g/mol. The van der Waals surface area contributed by atoms with Crippen molar-refractivity contribution in [2.75, 3.05) is 12.3 Å². The van der Waals surface area contributed by atoms with Gasteiger partial charge in [-0.1, -0.05) is 30.3 Å². The number of nitrogens with one attached hydrogen (secondary N) is 1. The van der Waals surface area contributed by atoms with Crippen molar-refractivity contribution in [1.29, 1.82) is 0 Å². The van der Waals surface area contributed by atoms with Crippen LogP contribution in [0.5, 0.6) is 0 Å². The van der Waals surface area contributed by atoms with Crippen molar-refractivity contribution in [3.8, 4) is 0 Å². The van der Waals surface area contributed by atoms with Gasteiger partial charge in [0.2, 0.25) is 11.8 Å². The smallest absolute Gasteiger partial charge is 0.251 e. The van der Waals surface area contributed by atoms with E-state index in [-0.39, 0.29) is 24.3 Å². The number of carbonyl (C=O) groups is 3. The maximum atomic E-state index is 12.2. The molecule has 0 unspecified atom stereocenters. The third-order valence-electron chi connectivity index (χ3n) is 4.33. The first-order chi connectivity index (χ1) is 13.1. The van der Waals surface area contributed by atoms with Crippen LogP contribution in [0.3, 0.4) is 0 Å². The zero-order valence-corrected chi connectivity index (χ0v) is 15.8. The van der Waals surface area contributed by atoms with Crippen LogP contribution in [0.2, 0.25) is 0 Å². The highest BCUT2D eigenvalue weighted by Crippen LogP contribution is 2.18. The van der Waals surface area contributed by atoms with Gasteiger partial charge in [0.15, 0.2) is 0 Å². The first kappa shape index (κ1) is 19.2. The van der Waals surface area contributed by atoms with E-state index in [2.05, 4.69) is 17.4 Å². The van der Waals surface area contributed by atoms with Crippen LogP contribution < -0.4 is 5.32 Å². The van der Waals surface area contributed by atoms with Gasteiger partial charge in [-0.3, -0.25) is 19.3 Å². The maximum Gasteiger partial charge on any atom is 0.251 e. The van der Waals surface area contributed by atoms with Gasteiger partial charge >= 0.3 is 0 Å². The van der Waals surface area contributed by atoms with Crippen molar-refractivity contribution in [1.82, 2.24) is 10.2 Å². The van der Waals surface area contributed by atoms with E-state index in [4.69, 9.17) is 0 Å². The number of nitrogens with zero attached hydrogens (tertiary/aromatic N) is 1. The van der Waals surface area contributed by atoms with Crippen LogP contribution in [0.4, 0.5) is 0 Å². The van der Waals surface area contributed by atoms with E-state index in [9.17, 15) is 14.4 Å². The van der Waals surface area contributed by atoms with Crippen molar-refractivity contribution in [2.45, 2.75) is 30.7 Å². The number of hydrogen-bond donors (Lipinski definition) is 1. The highest BCUT2D eigenvalue weighted by molar-refractivity contribution is 7.99. The molecule has 5 nitrogen and oxygen atoms in total. The number of imide groups is 1. The van der Waals surface area contributed by atoms with Gasteiger partial charge in [-0.05, 0) is 42.0 Å². The van der Waals surface area contributed by atoms with Gasteiger partial charge in [-0.2, -0.15) is 0 Å². The van der Waals surface area contributed by atoms with E-state index in [0.29, 0.717) is 24.9 Å². The molecule has 1 aliphatic heterocycles. The van der Waals surface area contributed by atoms with Gasteiger partial charge in [0, 0.05) is 29.8 Å². The third-order valence-corrected chi connectivity index (χ3v) is 5.43. The van der Waals surface area contributed by atoms with E-state index in [1.165, 1.54) is 9.80 Å². The molecule has 2 aromatic carbocycles. The molecule has 1 aliphatic rings. The molecule has 1 heterocycles. The average molecular weight is 382 g/mol. The van der Waals surface area contributed by atoms with E-state index in [0.717, 1.165) is 17.7 Å². The van der Waals surface area contributed by atoms with Crippen LogP contribution in [-0.2, 0) is 16.1 Å². The molecule has 0 radical (unpaired) electrons. The van der Waals surface area contributed by atoms with E-state index in [1.807, 2.05) is 18.2 Å². The molecule has 0 spiro atoms. The van der Waals surface area contributed by atoms with Gasteiger partial charge < -0.3 is 5.32 Å². The summed E-state index contributed by atoms with van der Waals surface area (Å²) in [7, 11) is 0. The summed E-state index contributed by atoms with van der Waals surface area (Å²) in [5, 5.41) is 2.92. The first-order valence-electron chi connectivity index (χ1n) is 9.01. The highest BCUT2D eigenvalue weighted by atomic mass is 32.2. The summed E-state index contributed by atoms with van der Waals surface area (Å²) >= 11 is 1.77. The first-order valence-corrected chi connectivity index (χ1v) is 10.0. The van der Waals surface area contributed by atoms with E-state index in [1.54, 1.807) is 36.0 Å². The van der Waals surface area contributed by atoms with Crippen LogP contribution >= 0.6 is 11.8 Å². The molecule has 1 saturated heterocycles. The number of amides is 3. The fraction of sp³-hybridized carbons (Fsp3) is 0.286. The predicted octanol–water partition coefficient (Wildman–Crippen LogP) is 3.25.